The summed E-state index contributed by atoms with van der Waals surface area (Å²) in [6, 6.07) is 19.1. The molecule has 1 aliphatic rings. The summed E-state index contributed by atoms with van der Waals surface area (Å²) < 4.78 is 5.01. The zero-order valence-corrected chi connectivity index (χ0v) is 17.7. The number of hydrogen-bond acceptors (Lipinski definition) is 5. The van der Waals surface area contributed by atoms with Crippen LogP contribution in [0.4, 0.5) is 0 Å². The van der Waals surface area contributed by atoms with Crippen molar-refractivity contribution < 1.29 is 18.9 Å². The van der Waals surface area contributed by atoms with Gasteiger partial charge in [-0.3, -0.25) is 14.4 Å². The van der Waals surface area contributed by atoms with Crippen molar-refractivity contribution >= 4 is 17.7 Å². The maximum Gasteiger partial charge on any atom is 0.276 e. The third-order valence-corrected chi connectivity index (χ3v) is 5.41. The van der Waals surface area contributed by atoms with Crippen molar-refractivity contribution in [3.63, 3.8) is 0 Å². The monoisotopic (exact) mass is 432 g/mol. The van der Waals surface area contributed by atoms with Gasteiger partial charge in [0.25, 0.3) is 11.8 Å². The molecule has 8 nitrogen and oxygen atoms in total. The Kier molecular flexibility index (Phi) is 6.30. The molecule has 0 spiro atoms. The molecule has 1 aromatic heterocycles. The van der Waals surface area contributed by atoms with Gasteiger partial charge in [0.2, 0.25) is 5.91 Å². The van der Waals surface area contributed by atoms with E-state index >= 15 is 0 Å². The van der Waals surface area contributed by atoms with Gasteiger partial charge in [0.15, 0.2) is 5.69 Å². The Morgan fingerprint density at radius 1 is 1.00 bits per heavy atom. The summed E-state index contributed by atoms with van der Waals surface area (Å²) in [5.74, 6) is -0.347. The third kappa shape index (κ3) is 4.69. The highest BCUT2D eigenvalue weighted by molar-refractivity contribution is 5.99. The molecule has 1 aliphatic heterocycles. The Bertz CT molecular complexity index is 1100. The van der Waals surface area contributed by atoms with Crippen LogP contribution in [0.15, 0.2) is 71.3 Å². The molecule has 1 fully saturated rings. The summed E-state index contributed by atoms with van der Waals surface area (Å²) in [6.07, 6.45) is 0. The van der Waals surface area contributed by atoms with E-state index in [0.29, 0.717) is 24.4 Å². The highest BCUT2D eigenvalue weighted by Gasteiger charge is 2.38. The van der Waals surface area contributed by atoms with Crippen LogP contribution < -0.4 is 5.32 Å². The van der Waals surface area contributed by atoms with Crippen LogP contribution in [0.2, 0.25) is 0 Å². The second kappa shape index (κ2) is 9.47. The van der Waals surface area contributed by atoms with Crippen LogP contribution in [0.1, 0.15) is 32.2 Å². The SMILES string of the molecule is Cc1cc(C(=O)N2CCN(C(=O)c3ccccc3)C(C(=O)NCc3ccccc3)C2)no1. The first-order valence-electron chi connectivity index (χ1n) is 10.4. The van der Waals surface area contributed by atoms with Gasteiger partial charge in [-0.1, -0.05) is 53.7 Å². The minimum Gasteiger partial charge on any atom is -0.361 e. The van der Waals surface area contributed by atoms with E-state index in [4.69, 9.17) is 4.52 Å². The standard InChI is InChI=1S/C24H24N4O4/c1-17-14-20(26-32-17)24(31)27-12-13-28(23(30)19-10-6-3-7-11-19)21(16-27)22(29)25-15-18-8-4-2-5-9-18/h2-11,14,21H,12-13,15-16H2,1H3,(H,25,29). The van der Waals surface area contributed by atoms with Crippen molar-refractivity contribution in [3.05, 3.63) is 89.3 Å². The molecule has 3 amide bonds. The average molecular weight is 432 g/mol. The molecule has 164 valence electrons. The molecule has 1 unspecified atom stereocenters. The van der Waals surface area contributed by atoms with E-state index in [-0.39, 0.29) is 36.5 Å². The van der Waals surface area contributed by atoms with Crippen LogP contribution in [0.5, 0.6) is 0 Å². The lowest BCUT2D eigenvalue weighted by atomic mass is 10.1. The number of aryl methyl sites for hydroxylation is 1. The fourth-order valence-electron chi connectivity index (χ4n) is 3.71. The Morgan fingerprint density at radius 3 is 2.34 bits per heavy atom. The minimum absolute atomic E-state index is 0.0734. The molecular weight excluding hydrogens is 408 g/mol. The van der Waals surface area contributed by atoms with Crippen LogP contribution in [-0.4, -0.2) is 58.4 Å². The number of benzene rings is 2. The number of aromatic nitrogens is 1. The summed E-state index contributed by atoms with van der Waals surface area (Å²) in [5.41, 5.74) is 1.64. The van der Waals surface area contributed by atoms with E-state index in [1.165, 1.54) is 4.90 Å². The van der Waals surface area contributed by atoms with E-state index in [1.54, 1.807) is 42.2 Å². The number of rotatable bonds is 5. The van der Waals surface area contributed by atoms with Gasteiger partial charge in [0, 0.05) is 31.3 Å². The van der Waals surface area contributed by atoms with Crippen LogP contribution in [-0.2, 0) is 11.3 Å². The van der Waals surface area contributed by atoms with Crippen molar-refractivity contribution in [1.82, 2.24) is 20.3 Å². The van der Waals surface area contributed by atoms with Gasteiger partial charge in [-0.25, -0.2) is 0 Å². The first kappa shape index (κ1) is 21.3. The average Bonchev–Trinajstić information content (AvgIpc) is 3.28. The molecule has 0 saturated carbocycles. The lowest BCUT2D eigenvalue weighted by Gasteiger charge is -2.40. The third-order valence-electron chi connectivity index (χ3n) is 5.41. The normalized spacial score (nSPS) is 16.0. The number of nitrogens with zero attached hydrogens (tertiary/aromatic N) is 3. The van der Waals surface area contributed by atoms with Gasteiger partial charge in [0.05, 0.1) is 6.54 Å². The molecule has 0 radical (unpaired) electrons. The maximum atomic E-state index is 13.2. The summed E-state index contributed by atoms with van der Waals surface area (Å²) in [5, 5.41) is 6.69. The van der Waals surface area contributed by atoms with E-state index in [0.717, 1.165) is 5.56 Å². The van der Waals surface area contributed by atoms with E-state index < -0.39 is 6.04 Å². The smallest absolute Gasteiger partial charge is 0.276 e. The van der Waals surface area contributed by atoms with Crippen molar-refractivity contribution in [3.8, 4) is 0 Å². The Labute approximate surface area is 185 Å². The van der Waals surface area contributed by atoms with E-state index in [1.807, 2.05) is 36.4 Å². The first-order valence-corrected chi connectivity index (χ1v) is 10.4. The fraction of sp³-hybridized carbons (Fsp3) is 0.250. The lowest BCUT2D eigenvalue weighted by molar-refractivity contribution is -0.127. The predicted octanol–water partition coefficient (Wildman–Crippen LogP) is 2.27. The van der Waals surface area contributed by atoms with Gasteiger partial charge in [-0.2, -0.15) is 0 Å². The summed E-state index contributed by atoms with van der Waals surface area (Å²) in [7, 11) is 0. The summed E-state index contributed by atoms with van der Waals surface area (Å²) >= 11 is 0. The molecule has 0 bridgehead atoms. The van der Waals surface area contributed by atoms with Gasteiger partial charge in [-0.05, 0) is 24.6 Å². The molecular formula is C24H24N4O4. The number of nitrogens with one attached hydrogen (secondary N) is 1. The molecule has 0 aliphatic carbocycles. The largest absolute Gasteiger partial charge is 0.361 e. The molecule has 4 rings (SSSR count). The van der Waals surface area contributed by atoms with E-state index in [9.17, 15) is 14.4 Å². The zero-order chi connectivity index (χ0) is 22.5. The van der Waals surface area contributed by atoms with Gasteiger partial charge in [-0.15, -0.1) is 0 Å². The Morgan fingerprint density at radius 2 is 1.69 bits per heavy atom. The lowest BCUT2D eigenvalue weighted by Crippen LogP contribution is -2.61. The number of piperazine rings is 1. The zero-order valence-electron chi connectivity index (χ0n) is 17.7. The van der Waals surface area contributed by atoms with Crippen molar-refractivity contribution in [2.24, 2.45) is 0 Å². The number of carbonyl (C=O) groups excluding carboxylic acids is 3. The van der Waals surface area contributed by atoms with Crippen molar-refractivity contribution in [2.75, 3.05) is 19.6 Å². The second-order valence-corrected chi connectivity index (χ2v) is 7.66. The molecule has 3 aromatic rings. The molecule has 32 heavy (non-hydrogen) atoms. The van der Waals surface area contributed by atoms with Crippen LogP contribution in [0.3, 0.4) is 0 Å². The van der Waals surface area contributed by atoms with Crippen LogP contribution in [0, 0.1) is 6.92 Å². The fourth-order valence-corrected chi connectivity index (χ4v) is 3.71. The Hall–Kier alpha value is -3.94. The Balaban J connectivity index is 1.53. The number of carbonyl (C=O) groups is 3. The molecule has 1 saturated heterocycles. The van der Waals surface area contributed by atoms with Crippen molar-refractivity contribution in [2.45, 2.75) is 19.5 Å². The highest BCUT2D eigenvalue weighted by Crippen LogP contribution is 2.17. The second-order valence-electron chi connectivity index (χ2n) is 7.66. The molecule has 1 atom stereocenters. The molecule has 2 heterocycles. The first-order chi connectivity index (χ1) is 15.5. The predicted molar refractivity (Wildman–Crippen MR) is 117 cm³/mol. The van der Waals surface area contributed by atoms with Gasteiger partial charge >= 0.3 is 0 Å². The van der Waals surface area contributed by atoms with Gasteiger partial charge in [0.1, 0.15) is 11.8 Å². The molecule has 2 aromatic carbocycles. The topological polar surface area (TPSA) is 95.8 Å². The quantitative estimate of drug-likeness (QED) is 0.667. The van der Waals surface area contributed by atoms with Crippen molar-refractivity contribution in [1.29, 1.82) is 0 Å². The molecule has 1 N–H and O–H groups in total. The minimum atomic E-state index is -0.822. The number of amides is 3. The summed E-state index contributed by atoms with van der Waals surface area (Å²) in [6.45, 7) is 2.65. The highest BCUT2D eigenvalue weighted by atomic mass is 16.5. The van der Waals surface area contributed by atoms with Gasteiger partial charge < -0.3 is 19.6 Å². The number of hydrogen-bond donors (Lipinski definition) is 1. The molecule has 8 heteroatoms. The maximum absolute atomic E-state index is 13.2. The van der Waals surface area contributed by atoms with Crippen LogP contribution in [0.25, 0.3) is 0 Å². The van der Waals surface area contributed by atoms with Crippen LogP contribution >= 0.6 is 0 Å². The summed E-state index contributed by atoms with van der Waals surface area (Å²) in [4.78, 5) is 42.3. The van der Waals surface area contributed by atoms with E-state index in [2.05, 4.69) is 10.5 Å².